The van der Waals surface area contributed by atoms with Crippen LogP contribution >= 0.6 is 0 Å². The lowest BCUT2D eigenvalue weighted by Gasteiger charge is -2.15. The lowest BCUT2D eigenvalue weighted by atomic mass is 10.2. The number of anilines is 1. The van der Waals surface area contributed by atoms with Gasteiger partial charge in [-0.2, -0.15) is 5.10 Å². The number of rotatable bonds is 6. The zero-order valence-corrected chi connectivity index (χ0v) is 18.2. The second kappa shape index (κ2) is 8.91. The van der Waals surface area contributed by atoms with Crippen molar-refractivity contribution in [1.29, 1.82) is 0 Å². The zero-order chi connectivity index (χ0) is 23.5. The second-order valence-electron chi connectivity index (χ2n) is 7.24. The molecule has 0 unspecified atom stereocenters. The summed E-state index contributed by atoms with van der Waals surface area (Å²) in [6.07, 6.45) is 2.97. The van der Waals surface area contributed by atoms with Gasteiger partial charge in [0.15, 0.2) is 11.5 Å². The van der Waals surface area contributed by atoms with Crippen LogP contribution in [0, 0.1) is 0 Å². The molecule has 2 amide bonds. The highest BCUT2D eigenvalue weighted by Gasteiger charge is 2.25. The Balaban J connectivity index is 1.57. The normalized spacial score (nSPS) is 10.8. The van der Waals surface area contributed by atoms with Gasteiger partial charge >= 0.3 is 5.97 Å². The summed E-state index contributed by atoms with van der Waals surface area (Å²) in [6, 6.07) is 12.9. The summed E-state index contributed by atoms with van der Waals surface area (Å²) in [6.45, 7) is -0.251. The molecule has 3 aromatic heterocycles. The number of aryl methyl sites for hydroxylation is 1. The minimum absolute atomic E-state index is 0.0584. The molecule has 168 valence electrons. The van der Waals surface area contributed by atoms with Gasteiger partial charge in [0.2, 0.25) is 0 Å². The number of amides is 2. The first-order valence-corrected chi connectivity index (χ1v) is 9.95. The monoisotopic (exact) mass is 447 g/mol. The van der Waals surface area contributed by atoms with Gasteiger partial charge in [-0.05, 0) is 6.07 Å². The van der Waals surface area contributed by atoms with E-state index in [1.54, 1.807) is 29.9 Å². The van der Waals surface area contributed by atoms with Gasteiger partial charge in [0.1, 0.15) is 12.2 Å². The molecule has 0 atom stereocenters. The van der Waals surface area contributed by atoms with Crippen LogP contribution in [0.4, 0.5) is 5.69 Å². The molecule has 3 heterocycles. The molecule has 1 aromatic carbocycles. The number of esters is 1. The van der Waals surface area contributed by atoms with Crippen LogP contribution in [0.1, 0.15) is 20.8 Å². The largest absolute Gasteiger partial charge is 0.468 e. The highest BCUT2D eigenvalue weighted by molar-refractivity contribution is 6.11. The highest BCUT2D eigenvalue weighted by Crippen LogP contribution is 2.19. The Morgan fingerprint density at radius 3 is 2.64 bits per heavy atom. The van der Waals surface area contributed by atoms with Gasteiger partial charge in [0.05, 0.1) is 18.9 Å². The summed E-state index contributed by atoms with van der Waals surface area (Å²) in [5, 5.41) is 11.2. The van der Waals surface area contributed by atoms with E-state index in [-0.39, 0.29) is 17.8 Å². The molecule has 0 bridgehead atoms. The average Bonchev–Trinajstić information content (AvgIpc) is 3.42. The molecule has 0 aliphatic heterocycles. The molecular weight excluding hydrogens is 426 g/mol. The topological polar surface area (TPSA) is 124 Å². The first-order chi connectivity index (χ1) is 15.9. The van der Waals surface area contributed by atoms with E-state index in [1.165, 1.54) is 25.0 Å². The number of nitrogens with one attached hydrogen (secondary N) is 1. The Morgan fingerprint density at radius 1 is 1.15 bits per heavy atom. The maximum Gasteiger partial charge on any atom is 0.325 e. The van der Waals surface area contributed by atoms with E-state index in [0.29, 0.717) is 17.2 Å². The molecule has 0 aliphatic carbocycles. The quantitative estimate of drug-likeness (QED) is 0.446. The third-order valence-corrected chi connectivity index (χ3v) is 4.95. The fraction of sp³-hybridized carbons (Fsp3) is 0.182. The summed E-state index contributed by atoms with van der Waals surface area (Å²) < 4.78 is 7.50. The summed E-state index contributed by atoms with van der Waals surface area (Å²) in [7, 11) is 4.23. The number of carbonyl (C=O) groups is 3. The number of pyridine rings is 1. The summed E-state index contributed by atoms with van der Waals surface area (Å²) in [5.74, 6) is -1.07. The van der Waals surface area contributed by atoms with Crippen LogP contribution in [0.5, 0.6) is 0 Å². The molecule has 0 fully saturated rings. The predicted molar refractivity (Wildman–Crippen MR) is 119 cm³/mol. The number of hydrogen-bond acceptors (Lipinski definition) is 7. The van der Waals surface area contributed by atoms with E-state index < -0.39 is 17.8 Å². The summed E-state index contributed by atoms with van der Waals surface area (Å²) >= 11 is 0. The standard InChI is InChI=1S/C22H21N7O4/c1-27(13-18(30)33-3)22(32)16-12-23-28(2)19(16)21(31)24-15-9-10-29-17(11-15)25-20(26-29)14-7-5-4-6-8-14/h4-12H,13H2,1-3H3,(H,24,31). The van der Waals surface area contributed by atoms with Gasteiger partial charge in [-0.25, -0.2) is 9.50 Å². The molecule has 11 heteroatoms. The molecule has 0 saturated carbocycles. The lowest BCUT2D eigenvalue weighted by molar-refractivity contribution is -0.141. The number of aromatic nitrogens is 5. The van der Waals surface area contributed by atoms with Gasteiger partial charge in [-0.1, -0.05) is 30.3 Å². The van der Waals surface area contributed by atoms with Gasteiger partial charge < -0.3 is 15.0 Å². The van der Waals surface area contributed by atoms with Crippen molar-refractivity contribution < 1.29 is 19.1 Å². The van der Waals surface area contributed by atoms with Gasteiger partial charge in [0, 0.05) is 37.6 Å². The van der Waals surface area contributed by atoms with Crippen LogP contribution in [0.3, 0.4) is 0 Å². The number of ether oxygens (including phenoxy) is 1. The van der Waals surface area contributed by atoms with Crippen molar-refractivity contribution in [2.75, 3.05) is 26.0 Å². The molecular formula is C22H21N7O4. The van der Waals surface area contributed by atoms with Crippen LogP contribution in [-0.2, 0) is 16.6 Å². The number of fused-ring (bicyclic) bond motifs is 1. The van der Waals surface area contributed by atoms with Crippen LogP contribution in [0.2, 0.25) is 0 Å². The summed E-state index contributed by atoms with van der Waals surface area (Å²) in [5.41, 5.74) is 2.02. The lowest BCUT2D eigenvalue weighted by Crippen LogP contribution is -2.34. The Morgan fingerprint density at radius 2 is 1.91 bits per heavy atom. The van der Waals surface area contributed by atoms with Crippen LogP contribution in [0.15, 0.2) is 54.9 Å². The van der Waals surface area contributed by atoms with Crippen molar-refractivity contribution in [3.05, 3.63) is 66.1 Å². The minimum atomic E-state index is -0.572. The number of nitrogens with zero attached hydrogens (tertiary/aromatic N) is 6. The van der Waals surface area contributed by atoms with Gasteiger partial charge in [-0.3, -0.25) is 19.1 Å². The molecule has 0 aliphatic rings. The van der Waals surface area contributed by atoms with E-state index in [1.807, 2.05) is 30.3 Å². The number of hydrogen-bond donors (Lipinski definition) is 1. The van der Waals surface area contributed by atoms with Gasteiger partial charge in [-0.15, -0.1) is 5.10 Å². The van der Waals surface area contributed by atoms with Crippen LogP contribution in [0.25, 0.3) is 17.0 Å². The molecule has 1 N–H and O–H groups in total. The van der Waals surface area contributed by atoms with Crippen LogP contribution in [-0.4, -0.2) is 67.8 Å². The molecule has 4 aromatic rings. The SMILES string of the molecule is COC(=O)CN(C)C(=O)c1cnn(C)c1C(=O)Nc1ccn2nc(-c3ccccc3)nc2c1. The first kappa shape index (κ1) is 21.7. The van der Waals surface area contributed by atoms with Crippen molar-refractivity contribution >= 4 is 29.1 Å². The minimum Gasteiger partial charge on any atom is -0.468 e. The highest BCUT2D eigenvalue weighted by atomic mass is 16.5. The van der Waals surface area contributed by atoms with Crippen molar-refractivity contribution in [1.82, 2.24) is 29.3 Å². The Hall–Kier alpha value is -4.54. The molecule has 4 rings (SSSR count). The Bertz CT molecular complexity index is 1340. The Labute approximate surface area is 188 Å². The van der Waals surface area contributed by atoms with E-state index in [2.05, 4.69) is 25.2 Å². The number of likely N-dealkylation sites (N-methyl/N-ethyl adjacent to an activating group) is 1. The number of carbonyl (C=O) groups excluding carboxylic acids is 3. The molecule has 0 radical (unpaired) electrons. The number of methoxy groups -OCH3 is 1. The number of benzene rings is 1. The Kier molecular flexibility index (Phi) is 5.85. The van der Waals surface area contributed by atoms with Crippen molar-refractivity contribution in [3.63, 3.8) is 0 Å². The molecule has 11 nitrogen and oxygen atoms in total. The van der Waals surface area contributed by atoms with E-state index >= 15 is 0 Å². The van der Waals surface area contributed by atoms with Crippen molar-refractivity contribution in [2.45, 2.75) is 0 Å². The fourth-order valence-corrected chi connectivity index (χ4v) is 3.26. The summed E-state index contributed by atoms with van der Waals surface area (Å²) in [4.78, 5) is 42.9. The smallest absolute Gasteiger partial charge is 0.325 e. The third-order valence-electron chi connectivity index (χ3n) is 4.95. The zero-order valence-electron chi connectivity index (χ0n) is 18.2. The maximum atomic E-state index is 13.0. The maximum absolute atomic E-state index is 13.0. The predicted octanol–water partition coefficient (Wildman–Crippen LogP) is 1.63. The van der Waals surface area contributed by atoms with Crippen molar-refractivity contribution in [3.8, 4) is 11.4 Å². The molecule has 0 saturated heterocycles. The molecule has 33 heavy (non-hydrogen) atoms. The fourth-order valence-electron chi connectivity index (χ4n) is 3.26. The van der Waals surface area contributed by atoms with E-state index in [9.17, 15) is 14.4 Å². The van der Waals surface area contributed by atoms with Crippen molar-refractivity contribution in [2.24, 2.45) is 7.05 Å². The van der Waals surface area contributed by atoms with E-state index in [4.69, 9.17) is 0 Å². The van der Waals surface area contributed by atoms with E-state index in [0.717, 1.165) is 10.5 Å². The average molecular weight is 447 g/mol. The van der Waals surface area contributed by atoms with Gasteiger partial charge in [0.25, 0.3) is 11.8 Å². The first-order valence-electron chi connectivity index (χ1n) is 9.95. The third kappa shape index (κ3) is 4.42. The van der Waals surface area contributed by atoms with Crippen LogP contribution < -0.4 is 5.32 Å². The molecule has 0 spiro atoms. The second-order valence-corrected chi connectivity index (χ2v) is 7.24.